The van der Waals surface area contributed by atoms with Gasteiger partial charge in [-0.1, -0.05) is 48.5 Å². The van der Waals surface area contributed by atoms with Gasteiger partial charge in [-0.05, 0) is 30.7 Å². The molecule has 3 rings (SSSR count). The van der Waals surface area contributed by atoms with Gasteiger partial charge < -0.3 is 16.0 Å². The Morgan fingerprint density at radius 1 is 1.13 bits per heavy atom. The van der Waals surface area contributed by atoms with Gasteiger partial charge in [0.15, 0.2) is 5.78 Å². The van der Waals surface area contributed by atoms with Crippen LogP contribution in [0, 0.1) is 0 Å². The van der Waals surface area contributed by atoms with Crippen LogP contribution in [0.3, 0.4) is 0 Å². The molecule has 0 saturated heterocycles. The maximum atomic E-state index is 12.7. The third-order valence-electron chi connectivity index (χ3n) is 4.19. The van der Waals surface area contributed by atoms with Gasteiger partial charge >= 0.3 is 0 Å². The molecule has 4 heteroatoms. The fraction of sp³-hybridized carbons (Fsp3) is 0.211. The molecule has 4 nitrogen and oxygen atoms in total. The topological polar surface area (TPSA) is 70.9 Å². The lowest BCUT2D eigenvalue weighted by Crippen LogP contribution is -2.40. The third kappa shape index (κ3) is 3.18. The predicted octanol–water partition coefficient (Wildman–Crippen LogP) is 2.57. The highest BCUT2D eigenvalue weighted by molar-refractivity contribution is 5.91. The summed E-state index contributed by atoms with van der Waals surface area (Å²) in [6.45, 7) is 0. The fourth-order valence-electron chi connectivity index (χ4n) is 2.97. The molecule has 0 bridgehead atoms. The third-order valence-corrected chi connectivity index (χ3v) is 4.19. The minimum absolute atomic E-state index is 0.00369. The predicted molar refractivity (Wildman–Crippen MR) is 93.2 cm³/mol. The fourth-order valence-corrected chi connectivity index (χ4v) is 2.97. The number of carbonyl (C=O) groups is 1. The zero-order valence-electron chi connectivity index (χ0n) is 13.1. The number of aromatic amines is 1. The first kappa shape index (κ1) is 15.5. The Balaban J connectivity index is 1.79. The molecule has 0 saturated carbocycles. The minimum Gasteiger partial charge on any atom is -0.361 e. The van der Waals surface area contributed by atoms with E-state index < -0.39 is 6.04 Å². The van der Waals surface area contributed by atoms with Crippen LogP contribution in [-0.4, -0.2) is 23.9 Å². The first-order chi connectivity index (χ1) is 11.2. The quantitative estimate of drug-likeness (QED) is 0.655. The second kappa shape index (κ2) is 6.77. The molecule has 2 atom stereocenters. The normalized spacial score (nSPS) is 13.8. The van der Waals surface area contributed by atoms with Gasteiger partial charge in [0, 0.05) is 17.1 Å². The lowest BCUT2D eigenvalue weighted by atomic mass is 9.94. The van der Waals surface area contributed by atoms with E-state index in [2.05, 4.69) is 10.3 Å². The lowest BCUT2D eigenvalue weighted by molar-refractivity contribution is -0.122. The van der Waals surface area contributed by atoms with Gasteiger partial charge in [0.1, 0.15) is 0 Å². The number of para-hydroxylation sites is 1. The Kier molecular flexibility index (Phi) is 4.55. The molecule has 2 aromatic carbocycles. The summed E-state index contributed by atoms with van der Waals surface area (Å²) in [5, 5.41) is 4.20. The average molecular weight is 307 g/mol. The Morgan fingerprint density at radius 2 is 1.83 bits per heavy atom. The van der Waals surface area contributed by atoms with E-state index in [-0.39, 0.29) is 11.8 Å². The molecule has 0 aliphatic carbocycles. The summed E-state index contributed by atoms with van der Waals surface area (Å²) < 4.78 is 0. The van der Waals surface area contributed by atoms with Gasteiger partial charge in [0.2, 0.25) is 0 Å². The van der Waals surface area contributed by atoms with Crippen molar-refractivity contribution in [2.24, 2.45) is 5.73 Å². The van der Waals surface area contributed by atoms with Gasteiger partial charge in [-0.25, -0.2) is 0 Å². The monoisotopic (exact) mass is 307 g/mol. The summed E-state index contributed by atoms with van der Waals surface area (Å²) in [5.41, 5.74) is 9.29. The van der Waals surface area contributed by atoms with Crippen molar-refractivity contribution in [1.29, 1.82) is 0 Å². The van der Waals surface area contributed by atoms with Crippen LogP contribution in [0.1, 0.15) is 17.2 Å². The number of benzene rings is 2. The van der Waals surface area contributed by atoms with Crippen LogP contribution in [0.15, 0.2) is 60.8 Å². The molecule has 0 aliphatic rings. The lowest BCUT2D eigenvalue weighted by Gasteiger charge is -2.19. The molecule has 0 spiro atoms. The van der Waals surface area contributed by atoms with E-state index in [1.165, 1.54) is 0 Å². The van der Waals surface area contributed by atoms with E-state index in [0.717, 1.165) is 22.0 Å². The largest absolute Gasteiger partial charge is 0.361 e. The van der Waals surface area contributed by atoms with E-state index in [1.54, 1.807) is 7.05 Å². The number of Topliss-reactive ketones (excluding diaryl/α,β-unsaturated/α-hetero) is 1. The Labute approximate surface area is 135 Å². The molecular weight excluding hydrogens is 286 g/mol. The second-order valence-corrected chi connectivity index (χ2v) is 5.70. The van der Waals surface area contributed by atoms with Crippen LogP contribution >= 0.6 is 0 Å². The van der Waals surface area contributed by atoms with E-state index in [1.807, 2.05) is 60.8 Å². The molecule has 1 heterocycles. The van der Waals surface area contributed by atoms with Gasteiger partial charge in [0.25, 0.3) is 0 Å². The van der Waals surface area contributed by atoms with Crippen LogP contribution in [0.2, 0.25) is 0 Å². The van der Waals surface area contributed by atoms with Crippen molar-refractivity contribution in [3.8, 4) is 0 Å². The van der Waals surface area contributed by atoms with Crippen molar-refractivity contribution in [2.45, 2.75) is 18.5 Å². The summed E-state index contributed by atoms with van der Waals surface area (Å²) >= 11 is 0. The van der Waals surface area contributed by atoms with Crippen molar-refractivity contribution in [1.82, 2.24) is 10.3 Å². The highest BCUT2D eigenvalue weighted by atomic mass is 16.1. The molecular formula is C19H21N3O. The van der Waals surface area contributed by atoms with E-state index in [9.17, 15) is 4.79 Å². The van der Waals surface area contributed by atoms with Crippen LogP contribution in [-0.2, 0) is 11.2 Å². The summed E-state index contributed by atoms with van der Waals surface area (Å²) in [4.78, 5) is 16.0. The standard InChI is InChI=1S/C19H21N3O/c1-21-18(13-7-3-2-4-8-13)19(23)16(20)11-14-12-22-17-10-6-5-9-15(14)17/h2-10,12,16,18,21-22H,11,20H2,1H3/t16-,18-/m0/s1. The summed E-state index contributed by atoms with van der Waals surface area (Å²) in [5.74, 6) is 0.00369. The Hall–Kier alpha value is -2.43. The summed E-state index contributed by atoms with van der Waals surface area (Å²) in [6, 6.07) is 16.8. The zero-order chi connectivity index (χ0) is 16.2. The summed E-state index contributed by atoms with van der Waals surface area (Å²) in [6.07, 6.45) is 2.46. The number of aromatic nitrogens is 1. The van der Waals surface area contributed by atoms with Gasteiger partial charge in [-0.3, -0.25) is 4.79 Å². The zero-order valence-corrected chi connectivity index (χ0v) is 13.1. The van der Waals surface area contributed by atoms with Crippen molar-refractivity contribution < 1.29 is 4.79 Å². The molecule has 3 aromatic rings. The number of nitrogens with one attached hydrogen (secondary N) is 2. The maximum absolute atomic E-state index is 12.7. The molecule has 0 unspecified atom stereocenters. The number of likely N-dealkylation sites (N-methyl/N-ethyl adjacent to an activating group) is 1. The molecule has 23 heavy (non-hydrogen) atoms. The first-order valence-corrected chi connectivity index (χ1v) is 7.77. The highest BCUT2D eigenvalue weighted by Gasteiger charge is 2.25. The van der Waals surface area contributed by atoms with Crippen molar-refractivity contribution in [3.05, 3.63) is 71.9 Å². The smallest absolute Gasteiger partial charge is 0.171 e. The van der Waals surface area contributed by atoms with E-state index in [0.29, 0.717) is 6.42 Å². The second-order valence-electron chi connectivity index (χ2n) is 5.70. The molecule has 0 amide bonds. The molecule has 0 aliphatic heterocycles. The Morgan fingerprint density at radius 3 is 2.57 bits per heavy atom. The molecule has 1 aromatic heterocycles. The molecule has 0 fully saturated rings. The van der Waals surface area contributed by atoms with Crippen molar-refractivity contribution in [3.63, 3.8) is 0 Å². The number of hydrogen-bond acceptors (Lipinski definition) is 3. The van der Waals surface area contributed by atoms with Crippen molar-refractivity contribution >= 4 is 16.7 Å². The number of fused-ring (bicyclic) bond motifs is 1. The number of ketones is 1. The number of rotatable bonds is 6. The van der Waals surface area contributed by atoms with Gasteiger partial charge in [-0.15, -0.1) is 0 Å². The number of H-pyrrole nitrogens is 1. The van der Waals surface area contributed by atoms with Crippen LogP contribution < -0.4 is 11.1 Å². The first-order valence-electron chi connectivity index (χ1n) is 7.77. The molecule has 0 radical (unpaired) electrons. The SMILES string of the molecule is CN[C@H](C(=O)[C@@H](N)Cc1c[nH]c2ccccc12)c1ccccc1. The van der Waals surface area contributed by atoms with Crippen LogP contribution in [0.25, 0.3) is 10.9 Å². The van der Waals surface area contributed by atoms with Gasteiger partial charge in [0.05, 0.1) is 12.1 Å². The number of nitrogens with two attached hydrogens (primary N) is 1. The van der Waals surface area contributed by atoms with Gasteiger partial charge in [-0.2, -0.15) is 0 Å². The van der Waals surface area contributed by atoms with Crippen molar-refractivity contribution in [2.75, 3.05) is 7.05 Å². The molecule has 4 N–H and O–H groups in total. The number of hydrogen-bond donors (Lipinski definition) is 3. The summed E-state index contributed by atoms with van der Waals surface area (Å²) in [7, 11) is 1.79. The highest BCUT2D eigenvalue weighted by Crippen LogP contribution is 2.21. The maximum Gasteiger partial charge on any atom is 0.171 e. The molecule has 118 valence electrons. The van der Waals surface area contributed by atoms with Crippen LogP contribution in [0.4, 0.5) is 0 Å². The number of carbonyl (C=O) groups excluding carboxylic acids is 1. The van der Waals surface area contributed by atoms with E-state index in [4.69, 9.17) is 5.73 Å². The van der Waals surface area contributed by atoms with E-state index >= 15 is 0 Å². The Bertz CT molecular complexity index is 794. The minimum atomic E-state index is -0.549. The average Bonchev–Trinajstić information content (AvgIpc) is 2.99. The van der Waals surface area contributed by atoms with Crippen LogP contribution in [0.5, 0.6) is 0 Å².